The third-order valence-corrected chi connectivity index (χ3v) is 3.94. The third kappa shape index (κ3) is 4.31. The van der Waals surface area contributed by atoms with E-state index in [9.17, 15) is 19.2 Å². The average molecular weight is 407 g/mol. The van der Waals surface area contributed by atoms with E-state index < -0.39 is 23.9 Å². The zero-order chi connectivity index (χ0) is 19.7. The Morgan fingerprint density at radius 1 is 0.517 bits per heavy atom. The normalized spacial score (nSPS) is 21.2. The standard InChI is InChI=1S/C18H12N2O8.Na/c21-15-11-5-1-2-6-12(11)16(22)26-20-10-9-19(25-15)27-17(23)13-7-3-4-8-14(13)18(24)28-20;/h1-8H,9-10H2;. The first-order valence-electron chi connectivity index (χ1n) is 8.15. The van der Waals surface area contributed by atoms with Gasteiger partial charge >= 0.3 is 23.9 Å². The van der Waals surface area contributed by atoms with E-state index in [1.165, 1.54) is 48.5 Å². The Bertz CT molecular complexity index is 842. The Labute approximate surface area is 186 Å². The van der Waals surface area contributed by atoms with Crippen LogP contribution >= 0.6 is 0 Å². The molecule has 0 unspecified atom stereocenters. The number of fused-ring (bicyclic) bond motifs is 5. The van der Waals surface area contributed by atoms with Gasteiger partial charge in [-0.15, -0.1) is 0 Å². The Morgan fingerprint density at radius 3 is 1.00 bits per heavy atom. The van der Waals surface area contributed by atoms with Crippen LogP contribution in [0.3, 0.4) is 0 Å². The van der Waals surface area contributed by atoms with Gasteiger partial charge in [0.15, 0.2) is 0 Å². The molecule has 0 spiro atoms. The average Bonchev–Trinajstić information content (AvgIpc) is 2.70. The maximum atomic E-state index is 12.4. The van der Waals surface area contributed by atoms with Crippen molar-refractivity contribution in [3.05, 3.63) is 70.8 Å². The van der Waals surface area contributed by atoms with Crippen LogP contribution in [0.1, 0.15) is 41.4 Å². The Balaban J connectivity index is 0.00000240. The number of nitrogens with zero attached hydrogens (tertiary/aromatic N) is 2. The molecule has 2 aromatic rings. The predicted octanol–water partition coefficient (Wildman–Crippen LogP) is 0.924. The molecule has 143 valence electrons. The third-order valence-electron chi connectivity index (χ3n) is 3.94. The molecule has 2 aliphatic rings. The molecule has 10 nitrogen and oxygen atoms in total. The van der Waals surface area contributed by atoms with E-state index in [2.05, 4.69) is 0 Å². The molecule has 2 aliphatic heterocycles. The summed E-state index contributed by atoms with van der Waals surface area (Å²) in [6.07, 6.45) is 0. The van der Waals surface area contributed by atoms with Crippen LogP contribution in [0.15, 0.2) is 48.5 Å². The van der Waals surface area contributed by atoms with Crippen molar-refractivity contribution in [3.8, 4) is 0 Å². The van der Waals surface area contributed by atoms with Crippen LogP contribution in [0.2, 0.25) is 0 Å². The molecule has 0 aromatic heterocycles. The maximum absolute atomic E-state index is 12.4. The number of carbonyl (C=O) groups excluding carboxylic acids is 4. The molecular weight excluding hydrogens is 395 g/mol. The van der Waals surface area contributed by atoms with Crippen molar-refractivity contribution in [1.29, 1.82) is 0 Å². The zero-order valence-corrected chi connectivity index (χ0v) is 17.2. The molecule has 0 amide bonds. The minimum absolute atomic E-state index is 0. The summed E-state index contributed by atoms with van der Waals surface area (Å²) in [5.74, 6) is -3.68. The van der Waals surface area contributed by atoms with Gasteiger partial charge in [-0.2, -0.15) is 0 Å². The van der Waals surface area contributed by atoms with Crippen molar-refractivity contribution >= 4 is 53.4 Å². The quantitative estimate of drug-likeness (QED) is 0.585. The van der Waals surface area contributed by atoms with Crippen molar-refractivity contribution in [1.82, 2.24) is 10.5 Å². The van der Waals surface area contributed by atoms with Crippen LogP contribution in [0.4, 0.5) is 0 Å². The largest absolute Gasteiger partial charge is 0.361 e. The SMILES string of the molecule is O=C1ON2CCN(OC(=O)c3ccccc31)OC(=O)c1ccccc1C(=O)O2.[Na]. The summed E-state index contributed by atoms with van der Waals surface area (Å²) in [6.45, 7) is -0.523. The summed E-state index contributed by atoms with van der Waals surface area (Å²) >= 11 is 0. The van der Waals surface area contributed by atoms with Crippen molar-refractivity contribution in [3.63, 3.8) is 0 Å². The predicted molar refractivity (Wildman–Crippen MR) is 93.7 cm³/mol. The molecule has 0 N–H and O–H groups in total. The molecular formula is C18H12N2NaO8. The van der Waals surface area contributed by atoms with Crippen molar-refractivity contribution < 1.29 is 38.5 Å². The molecule has 2 bridgehead atoms. The van der Waals surface area contributed by atoms with Crippen molar-refractivity contribution in [2.75, 3.05) is 13.1 Å². The second kappa shape index (κ2) is 8.72. The van der Waals surface area contributed by atoms with E-state index in [4.69, 9.17) is 19.4 Å². The number of benzene rings is 2. The molecule has 2 heterocycles. The fraction of sp³-hybridized carbons (Fsp3) is 0.111. The van der Waals surface area contributed by atoms with Gasteiger partial charge in [-0.1, -0.05) is 24.3 Å². The summed E-state index contributed by atoms with van der Waals surface area (Å²) in [6, 6.07) is 11.5. The van der Waals surface area contributed by atoms with Crippen LogP contribution in [0, 0.1) is 0 Å². The van der Waals surface area contributed by atoms with Gasteiger partial charge in [0.2, 0.25) is 0 Å². The van der Waals surface area contributed by atoms with E-state index in [-0.39, 0.29) is 64.9 Å². The Hall–Kier alpha value is -2.76. The smallest absolute Gasteiger partial charge is 0.328 e. The monoisotopic (exact) mass is 407 g/mol. The van der Waals surface area contributed by atoms with Gasteiger partial charge in [0.05, 0.1) is 35.3 Å². The minimum atomic E-state index is -0.920. The summed E-state index contributed by atoms with van der Waals surface area (Å²) in [4.78, 5) is 70.2. The number of hydroxylamine groups is 4. The van der Waals surface area contributed by atoms with E-state index in [1.54, 1.807) is 0 Å². The maximum Gasteiger partial charge on any atom is 0.361 e. The van der Waals surface area contributed by atoms with Gasteiger partial charge in [0.25, 0.3) is 0 Å². The molecule has 4 rings (SSSR count). The molecule has 0 fully saturated rings. The summed E-state index contributed by atoms with van der Waals surface area (Å²) in [7, 11) is 0. The van der Waals surface area contributed by atoms with Crippen LogP contribution < -0.4 is 0 Å². The van der Waals surface area contributed by atoms with Gasteiger partial charge in [-0.3, -0.25) is 0 Å². The molecule has 1 radical (unpaired) electrons. The number of hydrogen-bond acceptors (Lipinski definition) is 10. The fourth-order valence-electron chi connectivity index (χ4n) is 2.63. The van der Waals surface area contributed by atoms with Crippen LogP contribution in [0.25, 0.3) is 0 Å². The van der Waals surface area contributed by atoms with Gasteiger partial charge in [0.1, 0.15) is 0 Å². The molecule has 29 heavy (non-hydrogen) atoms. The molecule has 11 heteroatoms. The van der Waals surface area contributed by atoms with E-state index in [0.29, 0.717) is 10.5 Å². The van der Waals surface area contributed by atoms with Gasteiger partial charge < -0.3 is 19.4 Å². The van der Waals surface area contributed by atoms with Crippen LogP contribution in [0.5, 0.6) is 0 Å². The first-order chi connectivity index (χ1) is 13.5. The molecule has 0 aliphatic carbocycles. The van der Waals surface area contributed by atoms with Gasteiger partial charge in [0, 0.05) is 40.0 Å². The first kappa shape index (κ1) is 21.0. The van der Waals surface area contributed by atoms with Gasteiger partial charge in [-0.25, -0.2) is 19.2 Å². The van der Waals surface area contributed by atoms with Crippen molar-refractivity contribution in [2.24, 2.45) is 0 Å². The Kier molecular flexibility index (Phi) is 6.30. The molecule has 0 saturated carbocycles. The fourth-order valence-corrected chi connectivity index (χ4v) is 2.63. The molecule has 0 saturated heterocycles. The first-order valence-corrected chi connectivity index (χ1v) is 8.15. The van der Waals surface area contributed by atoms with Gasteiger partial charge in [-0.05, 0) is 24.3 Å². The van der Waals surface area contributed by atoms with E-state index in [0.717, 1.165) is 0 Å². The zero-order valence-electron chi connectivity index (χ0n) is 15.2. The summed E-state index contributed by atoms with van der Waals surface area (Å²) in [5.41, 5.74) is -0.447. The van der Waals surface area contributed by atoms with Crippen LogP contribution in [-0.4, -0.2) is 77.0 Å². The number of carbonyl (C=O) groups is 4. The number of hydrogen-bond donors (Lipinski definition) is 0. The van der Waals surface area contributed by atoms with E-state index in [1.807, 2.05) is 0 Å². The second-order valence-corrected chi connectivity index (χ2v) is 5.72. The minimum Gasteiger partial charge on any atom is -0.328 e. The second-order valence-electron chi connectivity index (χ2n) is 5.72. The number of rotatable bonds is 0. The topological polar surface area (TPSA) is 112 Å². The molecule has 2 aromatic carbocycles. The summed E-state index contributed by atoms with van der Waals surface area (Å²) in [5, 5.41) is 1.28. The Morgan fingerprint density at radius 2 is 0.759 bits per heavy atom. The summed E-state index contributed by atoms with van der Waals surface area (Å²) < 4.78 is 0. The van der Waals surface area contributed by atoms with Crippen LogP contribution in [-0.2, 0) is 19.4 Å². The van der Waals surface area contributed by atoms with Crippen molar-refractivity contribution in [2.45, 2.75) is 0 Å². The molecule has 0 atom stereocenters. The van der Waals surface area contributed by atoms with E-state index >= 15 is 0 Å².